The molecule has 1 saturated heterocycles. The van der Waals surface area contributed by atoms with Gasteiger partial charge >= 0.3 is 0 Å². The van der Waals surface area contributed by atoms with Crippen LogP contribution in [0.3, 0.4) is 0 Å². The Bertz CT molecular complexity index is 646. The van der Waals surface area contributed by atoms with Crippen molar-refractivity contribution in [2.75, 3.05) is 13.2 Å². The molecular formula is C16H23N5O3. The normalized spacial score (nSPS) is 17.1. The van der Waals surface area contributed by atoms with E-state index >= 15 is 0 Å². The smallest absolute Gasteiger partial charge is 0.249 e. The average molecular weight is 333 g/mol. The van der Waals surface area contributed by atoms with Gasteiger partial charge < -0.3 is 14.6 Å². The second-order valence-corrected chi connectivity index (χ2v) is 6.34. The van der Waals surface area contributed by atoms with Crippen molar-refractivity contribution >= 4 is 5.91 Å². The van der Waals surface area contributed by atoms with E-state index < -0.39 is 0 Å². The van der Waals surface area contributed by atoms with Crippen molar-refractivity contribution in [1.29, 1.82) is 0 Å². The van der Waals surface area contributed by atoms with E-state index in [4.69, 9.17) is 9.26 Å². The molecule has 3 heterocycles. The Morgan fingerprint density at radius 1 is 1.42 bits per heavy atom. The van der Waals surface area contributed by atoms with E-state index in [0.29, 0.717) is 24.9 Å². The van der Waals surface area contributed by atoms with Gasteiger partial charge in [-0.15, -0.1) is 0 Å². The van der Waals surface area contributed by atoms with Gasteiger partial charge in [-0.1, -0.05) is 19.0 Å². The SMILES string of the molecule is CC(C)c1noc(C(NC(=O)Cn2cccn2)C2CCOCC2)n1. The Morgan fingerprint density at radius 2 is 2.21 bits per heavy atom. The van der Waals surface area contributed by atoms with E-state index in [1.165, 1.54) is 0 Å². The molecule has 1 aliphatic heterocycles. The second-order valence-electron chi connectivity index (χ2n) is 6.34. The van der Waals surface area contributed by atoms with Gasteiger partial charge in [0, 0.05) is 31.5 Å². The van der Waals surface area contributed by atoms with Crippen LogP contribution in [-0.2, 0) is 16.1 Å². The van der Waals surface area contributed by atoms with Gasteiger partial charge in [-0.05, 0) is 24.8 Å². The Hall–Kier alpha value is -2.22. The van der Waals surface area contributed by atoms with Crippen LogP contribution in [-0.4, -0.2) is 39.0 Å². The summed E-state index contributed by atoms with van der Waals surface area (Å²) in [5.41, 5.74) is 0. The highest BCUT2D eigenvalue weighted by Gasteiger charge is 2.31. The Balaban J connectivity index is 1.74. The monoisotopic (exact) mass is 333 g/mol. The summed E-state index contributed by atoms with van der Waals surface area (Å²) in [6, 6.07) is 1.49. The number of aromatic nitrogens is 4. The van der Waals surface area contributed by atoms with Crippen LogP contribution in [0.15, 0.2) is 23.0 Å². The molecule has 0 radical (unpaired) electrons. The number of hydrogen-bond acceptors (Lipinski definition) is 6. The van der Waals surface area contributed by atoms with Crippen LogP contribution >= 0.6 is 0 Å². The summed E-state index contributed by atoms with van der Waals surface area (Å²) < 4.78 is 12.5. The van der Waals surface area contributed by atoms with E-state index in [-0.39, 0.29) is 30.3 Å². The first-order valence-electron chi connectivity index (χ1n) is 8.31. The van der Waals surface area contributed by atoms with Gasteiger partial charge in [-0.3, -0.25) is 9.48 Å². The van der Waals surface area contributed by atoms with Crippen LogP contribution < -0.4 is 5.32 Å². The third kappa shape index (κ3) is 4.00. The standard InChI is InChI=1S/C16H23N5O3/c1-11(2)15-19-16(24-20-15)14(12-4-8-23-9-5-12)18-13(22)10-21-7-3-6-17-21/h3,6-7,11-12,14H,4-5,8-10H2,1-2H3,(H,18,22). The number of carbonyl (C=O) groups excluding carboxylic acids is 1. The number of amides is 1. The van der Waals surface area contributed by atoms with Crippen LogP contribution in [0.2, 0.25) is 0 Å². The molecule has 1 aliphatic rings. The predicted octanol–water partition coefficient (Wildman–Crippen LogP) is 1.67. The molecule has 2 aromatic heterocycles. The van der Waals surface area contributed by atoms with Crippen molar-refractivity contribution in [3.05, 3.63) is 30.2 Å². The maximum Gasteiger partial charge on any atom is 0.249 e. The quantitative estimate of drug-likeness (QED) is 0.864. The van der Waals surface area contributed by atoms with Gasteiger partial charge in [0.15, 0.2) is 5.82 Å². The molecule has 8 heteroatoms. The van der Waals surface area contributed by atoms with Crippen molar-refractivity contribution in [3.63, 3.8) is 0 Å². The lowest BCUT2D eigenvalue weighted by atomic mass is 9.91. The molecule has 0 aliphatic carbocycles. The molecule has 1 amide bonds. The molecule has 1 N–H and O–H groups in total. The third-order valence-electron chi connectivity index (χ3n) is 4.16. The van der Waals surface area contributed by atoms with Gasteiger partial charge in [-0.25, -0.2) is 0 Å². The van der Waals surface area contributed by atoms with Crippen molar-refractivity contribution in [2.24, 2.45) is 5.92 Å². The largest absolute Gasteiger partial charge is 0.381 e. The lowest BCUT2D eigenvalue weighted by Crippen LogP contribution is -2.38. The number of nitrogens with zero attached hydrogens (tertiary/aromatic N) is 4. The van der Waals surface area contributed by atoms with E-state index in [1.807, 2.05) is 13.8 Å². The van der Waals surface area contributed by atoms with Crippen LogP contribution in [0.4, 0.5) is 0 Å². The molecule has 0 spiro atoms. The second kappa shape index (κ2) is 7.57. The first-order chi connectivity index (χ1) is 11.6. The fourth-order valence-electron chi connectivity index (χ4n) is 2.80. The summed E-state index contributed by atoms with van der Waals surface area (Å²) in [7, 11) is 0. The van der Waals surface area contributed by atoms with Crippen molar-refractivity contribution in [2.45, 2.75) is 45.2 Å². The minimum atomic E-state index is -0.294. The van der Waals surface area contributed by atoms with Crippen LogP contribution in [0.25, 0.3) is 0 Å². The Morgan fingerprint density at radius 3 is 2.83 bits per heavy atom. The van der Waals surface area contributed by atoms with E-state index in [1.54, 1.807) is 23.1 Å². The molecule has 130 valence electrons. The van der Waals surface area contributed by atoms with Gasteiger partial charge in [-0.2, -0.15) is 10.1 Å². The molecular weight excluding hydrogens is 310 g/mol. The fraction of sp³-hybridized carbons (Fsp3) is 0.625. The minimum absolute atomic E-state index is 0.125. The van der Waals surface area contributed by atoms with Gasteiger partial charge in [0.1, 0.15) is 12.6 Å². The molecule has 0 bridgehead atoms. The highest BCUT2D eigenvalue weighted by molar-refractivity contribution is 5.76. The van der Waals surface area contributed by atoms with Crippen molar-refractivity contribution < 1.29 is 14.1 Å². The lowest BCUT2D eigenvalue weighted by Gasteiger charge is -2.28. The number of nitrogens with one attached hydrogen (secondary N) is 1. The molecule has 1 fully saturated rings. The fourth-order valence-corrected chi connectivity index (χ4v) is 2.80. The number of ether oxygens (including phenoxy) is 1. The molecule has 0 saturated carbocycles. The van der Waals surface area contributed by atoms with Gasteiger partial charge in [0.05, 0.1) is 0 Å². The summed E-state index contributed by atoms with van der Waals surface area (Å²) in [4.78, 5) is 16.9. The molecule has 1 atom stereocenters. The summed E-state index contributed by atoms with van der Waals surface area (Å²) in [5, 5.41) is 11.1. The minimum Gasteiger partial charge on any atom is -0.381 e. The first kappa shape index (κ1) is 16.6. The number of carbonyl (C=O) groups is 1. The molecule has 2 aromatic rings. The van der Waals surface area contributed by atoms with Gasteiger partial charge in [0.2, 0.25) is 11.8 Å². The summed E-state index contributed by atoms with van der Waals surface area (Å²) in [5.74, 6) is 1.40. The summed E-state index contributed by atoms with van der Waals surface area (Å²) >= 11 is 0. The number of hydrogen-bond donors (Lipinski definition) is 1. The first-order valence-corrected chi connectivity index (χ1v) is 8.31. The average Bonchev–Trinajstić information content (AvgIpc) is 3.25. The Kier molecular flexibility index (Phi) is 5.24. The van der Waals surface area contributed by atoms with E-state index in [0.717, 1.165) is 12.8 Å². The maximum absolute atomic E-state index is 12.4. The molecule has 0 aromatic carbocycles. The third-order valence-corrected chi connectivity index (χ3v) is 4.16. The van der Waals surface area contributed by atoms with Gasteiger partial charge in [0.25, 0.3) is 0 Å². The van der Waals surface area contributed by atoms with E-state index in [9.17, 15) is 4.79 Å². The Labute approximate surface area is 140 Å². The predicted molar refractivity (Wildman–Crippen MR) is 85.0 cm³/mol. The summed E-state index contributed by atoms with van der Waals surface area (Å²) in [6.45, 7) is 5.55. The van der Waals surface area contributed by atoms with Crippen molar-refractivity contribution in [3.8, 4) is 0 Å². The lowest BCUT2D eigenvalue weighted by molar-refractivity contribution is -0.123. The molecule has 1 unspecified atom stereocenters. The van der Waals surface area contributed by atoms with Crippen LogP contribution in [0.5, 0.6) is 0 Å². The summed E-state index contributed by atoms with van der Waals surface area (Å²) in [6.07, 6.45) is 5.11. The topological polar surface area (TPSA) is 95.1 Å². The molecule has 3 rings (SSSR count). The van der Waals surface area contributed by atoms with E-state index in [2.05, 4.69) is 20.6 Å². The van der Waals surface area contributed by atoms with Crippen molar-refractivity contribution in [1.82, 2.24) is 25.2 Å². The highest BCUT2D eigenvalue weighted by atomic mass is 16.5. The zero-order valence-corrected chi connectivity index (χ0v) is 14.0. The maximum atomic E-state index is 12.4. The highest BCUT2D eigenvalue weighted by Crippen LogP contribution is 2.30. The van der Waals surface area contributed by atoms with Crippen LogP contribution in [0.1, 0.15) is 50.4 Å². The number of rotatable bonds is 6. The van der Waals surface area contributed by atoms with Crippen LogP contribution in [0, 0.1) is 5.92 Å². The molecule has 8 nitrogen and oxygen atoms in total. The zero-order chi connectivity index (χ0) is 16.9. The zero-order valence-electron chi connectivity index (χ0n) is 14.0. The molecule has 24 heavy (non-hydrogen) atoms.